The zero-order valence-electron chi connectivity index (χ0n) is 12.6. The molecule has 1 aliphatic heterocycles. The molecule has 4 nitrogen and oxygen atoms in total. The summed E-state index contributed by atoms with van der Waals surface area (Å²) in [6.45, 7) is 7.92. The SMILES string of the molecule is CC(C)(C)CC(O)C(CN)c1ccc2c(c1)OCCO2. The predicted octanol–water partition coefficient (Wildman–Crippen LogP) is 2.30. The van der Waals surface area contributed by atoms with Crippen LogP contribution in [0.2, 0.25) is 0 Å². The fraction of sp³-hybridized carbons (Fsp3) is 0.625. The lowest BCUT2D eigenvalue weighted by atomic mass is 9.82. The van der Waals surface area contributed by atoms with Gasteiger partial charge in [-0.1, -0.05) is 26.8 Å². The molecule has 2 rings (SSSR count). The Balaban J connectivity index is 2.19. The summed E-state index contributed by atoms with van der Waals surface area (Å²) in [6, 6.07) is 5.81. The van der Waals surface area contributed by atoms with Crippen molar-refractivity contribution in [3.8, 4) is 11.5 Å². The Morgan fingerprint density at radius 2 is 1.85 bits per heavy atom. The maximum atomic E-state index is 10.5. The number of aliphatic hydroxyl groups is 1. The van der Waals surface area contributed by atoms with Gasteiger partial charge < -0.3 is 20.3 Å². The van der Waals surface area contributed by atoms with E-state index in [9.17, 15) is 5.11 Å². The number of benzene rings is 1. The van der Waals surface area contributed by atoms with Crippen LogP contribution in [0.5, 0.6) is 11.5 Å². The van der Waals surface area contributed by atoms with Crippen LogP contribution in [0.1, 0.15) is 38.7 Å². The number of aliphatic hydroxyl groups excluding tert-OH is 1. The summed E-state index contributed by atoms with van der Waals surface area (Å²) in [7, 11) is 0. The van der Waals surface area contributed by atoms with Gasteiger partial charge in [-0.15, -0.1) is 0 Å². The predicted molar refractivity (Wildman–Crippen MR) is 79.3 cm³/mol. The van der Waals surface area contributed by atoms with Gasteiger partial charge in [-0.3, -0.25) is 0 Å². The van der Waals surface area contributed by atoms with Gasteiger partial charge in [-0.25, -0.2) is 0 Å². The van der Waals surface area contributed by atoms with E-state index < -0.39 is 6.10 Å². The van der Waals surface area contributed by atoms with Gasteiger partial charge in [0.1, 0.15) is 13.2 Å². The maximum Gasteiger partial charge on any atom is 0.161 e. The summed E-state index contributed by atoms with van der Waals surface area (Å²) in [5.41, 5.74) is 6.95. The Morgan fingerprint density at radius 1 is 1.20 bits per heavy atom. The van der Waals surface area contributed by atoms with Crippen LogP contribution in [0.4, 0.5) is 0 Å². The Labute approximate surface area is 120 Å². The third-order valence-electron chi connectivity index (χ3n) is 3.53. The highest BCUT2D eigenvalue weighted by Crippen LogP contribution is 2.35. The van der Waals surface area contributed by atoms with E-state index in [4.69, 9.17) is 15.2 Å². The molecule has 1 aromatic rings. The Morgan fingerprint density at radius 3 is 2.45 bits per heavy atom. The number of hydrogen-bond acceptors (Lipinski definition) is 4. The molecule has 0 radical (unpaired) electrons. The van der Waals surface area contributed by atoms with E-state index in [2.05, 4.69) is 20.8 Å². The van der Waals surface area contributed by atoms with Crippen LogP contribution in [-0.4, -0.2) is 31.0 Å². The molecule has 0 aromatic heterocycles. The number of nitrogens with two attached hydrogens (primary N) is 1. The number of ether oxygens (including phenoxy) is 2. The first-order valence-electron chi connectivity index (χ1n) is 7.18. The lowest BCUT2D eigenvalue weighted by molar-refractivity contribution is 0.0969. The Hall–Kier alpha value is -1.26. The summed E-state index contributed by atoms with van der Waals surface area (Å²) >= 11 is 0. The van der Waals surface area contributed by atoms with E-state index in [1.54, 1.807) is 0 Å². The zero-order valence-corrected chi connectivity index (χ0v) is 12.6. The van der Waals surface area contributed by atoms with Gasteiger partial charge in [-0.2, -0.15) is 0 Å². The van der Waals surface area contributed by atoms with Crippen molar-refractivity contribution in [1.29, 1.82) is 0 Å². The standard InChI is InChI=1S/C16H25NO3/c1-16(2,3)9-13(18)12(10-17)11-4-5-14-15(8-11)20-7-6-19-14/h4-5,8,12-13,18H,6-7,9-10,17H2,1-3H3. The highest BCUT2D eigenvalue weighted by atomic mass is 16.6. The third-order valence-corrected chi connectivity index (χ3v) is 3.53. The third kappa shape index (κ3) is 3.64. The van der Waals surface area contributed by atoms with E-state index in [-0.39, 0.29) is 11.3 Å². The fourth-order valence-corrected chi connectivity index (χ4v) is 2.58. The molecule has 1 heterocycles. The Bertz CT molecular complexity index is 454. The molecule has 0 fully saturated rings. The lowest BCUT2D eigenvalue weighted by Crippen LogP contribution is -2.29. The minimum absolute atomic E-state index is 0.0701. The number of rotatable bonds is 4. The number of hydrogen-bond donors (Lipinski definition) is 2. The minimum Gasteiger partial charge on any atom is -0.486 e. The van der Waals surface area contributed by atoms with Crippen molar-refractivity contribution in [2.24, 2.45) is 11.1 Å². The molecule has 0 amide bonds. The summed E-state index contributed by atoms with van der Waals surface area (Å²) in [5.74, 6) is 1.43. The van der Waals surface area contributed by atoms with Crippen LogP contribution >= 0.6 is 0 Å². The fourth-order valence-electron chi connectivity index (χ4n) is 2.58. The van der Waals surface area contributed by atoms with Gasteiger partial charge in [0.15, 0.2) is 11.5 Å². The largest absolute Gasteiger partial charge is 0.486 e. The molecular formula is C16H25NO3. The van der Waals surface area contributed by atoms with Gasteiger partial charge in [0.2, 0.25) is 0 Å². The second-order valence-electron chi connectivity index (χ2n) is 6.58. The van der Waals surface area contributed by atoms with Crippen LogP contribution in [0.3, 0.4) is 0 Å². The topological polar surface area (TPSA) is 64.7 Å². The van der Waals surface area contributed by atoms with E-state index >= 15 is 0 Å². The molecular weight excluding hydrogens is 254 g/mol. The van der Waals surface area contributed by atoms with E-state index in [0.29, 0.717) is 26.2 Å². The van der Waals surface area contributed by atoms with E-state index in [1.165, 1.54) is 0 Å². The first-order chi connectivity index (χ1) is 9.40. The van der Waals surface area contributed by atoms with Crippen molar-refractivity contribution in [3.63, 3.8) is 0 Å². The molecule has 2 atom stereocenters. The summed E-state index contributed by atoms with van der Waals surface area (Å²) in [4.78, 5) is 0. The second-order valence-corrected chi connectivity index (χ2v) is 6.58. The lowest BCUT2D eigenvalue weighted by Gasteiger charge is -2.29. The Kier molecular flexibility index (Phi) is 4.55. The van der Waals surface area contributed by atoms with E-state index in [0.717, 1.165) is 17.1 Å². The molecule has 0 saturated heterocycles. The van der Waals surface area contributed by atoms with Crippen molar-refractivity contribution in [3.05, 3.63) is 23.8 Å². The van der Waals surface area contributed by atoms with Crippen molar-refractivity contribution in [2.75, 3.05) is 19.8 Å². The maximum absolute atomic E-state index is 10.5. The first-order valence-corrected chi connectivity index (χ1v) is 7.18. The highest BCUT2D eigenvalue weighted by molar-refractivity contribution is 5.45. The molecule has 0 aliphatic carbocycles. The summed E-state index contributed by atoms with van der Waals surface area (Å²) < 4.78 is 11.1. The van der Waals surface area contributed by atoms with Crippen LogP contribution in [0.15, 0.2) is 18.2 Å². The monoisotopic (exact) mass is 279 g/mol. The van der Waals surface area contributed by atoms with E-state index in [1.807, 2.05) is 18.2 Å². The molecule has 1 aromatic carbocycles. The van der Waals surface area contributed by atoms with Crippen LogP contribution in [0.25, 0.3) is 0 Å². The highest BCUT2D eigenvalue weighted by Gasteiger charge is 2.26. The summed E-state index contributed by atoms with van der Waals surface area (Å²) in [5, 5.41) is 10.5. The number of fused-ring (bicyclic) bond motifs is 1. The normalized spacial score (nSPS) is 17.6. The zero-order chi connectivity index (χ0) is 14.8. The van der Waals surface area contributed by atoms with Crippen LogP contribution in [0, 0.1) is 5.41 Å². The molecule has 3 N–H and O–H groups in total. The first kappa shape index (κ1) is 15.1. The molecule has 0 saturated carbocycles. The summed E-state index contributed by atoms with van der Waals surface area (Å²) in [6.07, 6.45) is 0.256. The van der Waals surface area contributed by atoms with Crippen molar-refractivity contribution in [1.82, 2.24) is 0 Å². The quantitative estimate of drug-likeness (QED) is 0.887. The van der Waals surface area contributed by atoms with Gasteiger partial charge in [0.25, 0.3) is 0 Å². The van der Waals surface area contributed by atoms with Gasteiger partial charge >= 0.3 is 0 Å². The van der Waals surface area contributed by atoms with Crippen molar-refractivity contribution < 1.29 is 14.6 Å². The smallest absolute Gasteiger partial charge is 0.161 e. The minimum atomic E-state index is -0.456. The van der Waals surface area contributed by atoms with Crippen molar-refractivity contribution >= 4 is 0 Å². The molecule has 20 heavy (non-hydrogen) atoms. The average Bonchev–Trinajstić information content (AvgIpc) is 2.37. The second kappa shape index (κ2) is 6.02. The van der Waals surface area contributed by atoms with Crippen LogP contribution < -0.4 is 15.2 Å². The molecule has 1 aliphatic rings. The van der Waals surface area contributed by atoms with Crippen molar-refractivity contribution in [2.45, 2.75) is 39.2 Å². The van der Waals surface area contributed by atoms with Gasteiger partial charge in [0, 0.05) is 12.5 Å². The molecule has 112 valence electrons. The van der Waals surface area contributed by atoms with Gasteiger partial charge in [-0.05, 0) is 29.5 Å². The average molecular weight is 279 g/mol. The molecule has 2 unspecified atom stereocenters. The molecule has 0 spiro atoms. The molecule has 0 bridgehead atoms. The molecule has 4 heteroatoms. The van der Waals surface area contributed by atoms with Crippen LogP contribution in [-0.2, 0) is 0 Å². The van der Waals surface area contributed by atoms with Gasteiger partial charge in [0.05, 0.1) is 6.10 Å².